The minimum Gasteiger partial charge on any atom is -0.493 e. The average molecular weight is 514 g/mol. The third-order valence-corrected chi connectivity index (χ3v) is 7.38. The predicted molar refractivity (Wildman–Crippen MR) is 146 cm³/mol. The highest BCUT2D eigenvalue weighted by molar-refractivity contribution is 5.73. The third-order valence-electron chi connectivity index (χ3n) is 7.38. The Kier molecular flexibility index (Phi) is 7.82. The summed E-state index contributed by atoms with van der Waals surface area (Å²) >= 11 is 0. The van der Waals surface area contributed by atoms with Crippen LogP contribution in [0.2, 0.25) is 0 Å². The molecule has 0 bridgehead atoms. The van der Waals surface area contributed by atoms with Crippen molar-refractivity contribution in [1.29, 1.82) is 0 Å². The van der Waals surface area contributed by atoms with Crippen LogP contribution in [0.3, 0.4) is 0 Å². The molecule has 7 nitrogen and oxygen atoms in total. The first-order valence-corrected chi connectivity index (χ1v) is 13.1. The van der Waals surface area contributed by atoms with E-state index in [-0.39, 0.29) is 12.1 Å². The van der Waals surface area contributed by atoms with Crippen LogP contribution in [0.25, 0.3) is 6.20 Å². The van der Waals surface area contributed by atoms with E-state index in [1.54, 1.807) is 21.1 Å². The van der Waals surface area contributed by atoms with Gasteiger partial charge in [-0.1, -0.05) is 36.4 Å². The van der Waals surface area contributed by atoms with Crippen LogP contribution in [0.15, 0.2) is 71.7 Å². The molecule has 1 amide bonds. The van der Waals surface area contributed by atoms with Gasteiger partial charge in [0.05, 0.1) is 19.6 Å². The maximum atomic E-state index is 11.9. The molecule has 1 saturated heterocycles. The number of benzene rings is 3. The molecule has 1 atom stereocenters. The molecule has 3 aromatic carbocycles. The lowest BCUT2D eigenvalue weighted by Crippen LogP contribution is -2.48. The zero-order valence-corrected chi connectivity index (χ0v) is 22.3. The summed E-state index contributed by atoms with van der Waals surface area (Å²) in [4.78, 5) is 21.4. The zero-order valence-electron chi connectivity index (χ0n) is 22.3. The van der Waals surface area contributed by atoms with E-state index < -0.39 is 0 Å². The first kappa shape index (κ1) is 25.6. The van der Waals surface area contributed by atoms with Crippen LogP contribution in [0.4, 0.5) is 0 Å². The summed E-state index contributed by atoms with van der Waals surface area (Å²) in [5.74, 6) is 2.73. The van der Waals surface area contributed by atoms with Crippen LogP contribution in [-0.4, -0.2) is 49.2 Å². The van der Waals surface area contributed by atoms with E-state index in [0.717, 1.165) is 53.4 Å². The van der Waals surface area contributed by atoms with Crippen molar-refractivity contribution in [2.45, 2.75) is 39.1 Å². The van der Waals surface area contributed by atoms with Crippen LogP contribution in [0, 0.1) is 5.92 Å². The van der Waals surface area contributed by atoms with Gasteiger partial charge in [0.2, 0.25) is 5.91 Å². The number of amides is 1. The third kappa shape index (κ3) is 5.77. The van der Waals surface area contributed by atoms with Gasteiger partial charge in [-0.25, -0.2) is 0 Å². The number of likely N-dealkylation sites (tertiary alicyclic amines) is 1. The number of methoxy groups -OCH3 is 2. The molecule has 2 aliphatic rings. The Hall–Kier alpha value is -4.00. The number of ether oxygens (including phenoxy) is 3. The quantitative estimate of drug-likeness (QED) is 0.459. The van der Waals surface area contributed by atoms with Crippen LogP contribution in [-0.2, 0) is 17.9 Å². The van der Waals surface area contributed by atoms with E-state index in [1.165, 1.54) is 0 Å². The summed E-state index contributed by atoms with van der Waals surface area (Å²) in [6.45, 7) is 4.39. The fraction of sp³-hybridized carbons (Fsp3) is 0.355. The van der Waals surface area contributed by atoms with Gasteiger partial charge < -0.3 is 24.0 Å². The molecule has 0 N–H and O–H groups in total. The molecule has 5 rings (SSSR count). The van der Waals surface area contributed by atoms with E-state index in [1.807, 2.05) is 41.3 Å². The van der Waals surface area contributed by atoms with E-state index in [9.17, 15) is 4.79 Å². The summed E-state index contributed by atoms with van der Waals surface area (Å²) in [5.41, 5.74) is 2.24. The van der Waals surface area contributed by atoms with E-state index in [4.69, 9.17) is 19.2 Å². The Bertz CT molecular complexity index is 1380. The molecular formula is C31H35N3O4. The Morgan fingerprint density at radius 1 is 0.921 bits per heavy atom. The predicted octanol–water partition coefficient (Wildman–Crippen LogP) is 3.74. The molecule has 38 heavy (non-hydrogen) atoms. The number of hydrogen-bond acceptors (Lipinski definition) is 6. The van der Waals surface area contributed by atoms with Gasteiger partial charge in [0.15, 0.2) is 11.5 Å². The summed E-state index contributed by atoms with van der Waals surface area (Å²) in [5, 5.41) is 2.01. The summed E-state index contributed by atoms with van der Waals surface area (Å²) < 4.78 is 17.1. The smallest absolute Gasteiger partial charge is 0.219 e. The molecule has 198 valence electrons. The average Bonchev–Trinajstić information content (AvgIpc) is 2.96. The van der Waals surface area contributed by atoms with Crippen molar-refractivity contribution in [2.24, 2.45) is 10.9 Å². The van der Waals surface area contributed by atoms with Gasteiger partial charge >= 0.3 is 0 Å². The zero-order chi connectivity index (χ0) is 26.5. The van der Waals surface area contributed by atoms with Crippen molar-refractivity contribution < 1.29 is 19.0 Å². The highest BCUT2D eigenvalue weighted by Crippen LogP contribution is 2.31. The number of carbonyl (C=O) groups excluding carboxylic acids is 1. The number of fused-ring (bicyclic) bond motifs is 1. The number of piperidine rings is 1. The first-order chi connectivity index (χ1) is 18.5. The molecule has 3 aromatic rings. The highest BCUT2D eigenvalue weighted by Gasteiger charge is 2.31. The number of nitrogens with zero attached hydrogens (tertiary/aromatic N) is 3. The molecule has 0 radical (unpaired) electrons. The first-order valence-electron chi connectivity index (χ1n) is 13.1. The summed E-state index contributed by atoms with van der Waals surface area (Å²) in [6, 6.07) is 22.3. The number of hydrogen-bond donors (Lipinski definition) is 0. The lowest BCUT2D eigenvalue weighted by Gasteiger charge is -2.40. The molecule has 0 aliphatic carbocycles. The minimum atomic E-state index is -0.0132. The van der Waals surface area contributed by atoms with Crippen molar-refractivity contribution in [1.82, 2.24) is 9.80 Å². The number of rotatable bonds is 8. The van der Waals surface area contributed by atoms with Gasteiger partial charge in [0.25, 0.3) is 0 Å². The second-order valence-electron chi connectivity index (χ2n) is 9.87. The Morgan fingerprint density at radius 2 is 1.68 bits per heavy atom. The van der Waals surface area contributed by atoms with Crippen molar-refractivity contribution in [3.8, 4) is 17.2 Å². The van der Waals surface area contributed by atoms with Crippen LogP contribution >= 0.6 is 0 Å². The molecule has 7 heteroatoms. The largest absolute Gasteiger partial charge is 0.493 e. The van der Waals surface area contributed by atoms with Gasteiger partial charge in [-0.3, -0.25) is 9.79 Å². The summed E-state index contributed by atoms with van der Waals surface area (Å²) in [6.07, 6.45) is 4.05. The van der Waals surface area contributed by atoms with Crippen LogP contribution < -0.4 is 24.8 Å². The molecule has 0 saturated carbocycles. The Balaban J connectivity index is 1.43. The minimum absolute atomic E-state index is 0.0132. The van der Waals surface area contributed by atoms with Crippen molar-refractivity contribution >= 4 is 12.1 Å². The SMILES string of the molecule is COc1ccc(CN2C=c3cc(OCc4ccccc4)ccc3=NC2C2CCN(C(C)=O)CC2)cc1OC. The van der Waals surface area contributed by atoms with E-state index >= 15 is 0 Å². The Morgan fingerprint density at radius 3 is 2.39 bits per heavy atom. The van der Waals surface area contributed by atoms with Gasteiger partial charge in [-0.05, 0) is 54.3 Å². The van der Waals surface area contributed by atoms with Crippen LogP contribution in [0.1, 0.15) is 30.9 Å². The molecule has 0 spiro atoms. The lowest BCUT2D eigenvalue weighted by molar-refractivity contribution is -0.130. The standard InChI is InChI=1S/C31H35N3O4/c1-22(35)33-15-13-25(14-16-33)31-32-28-11-10-27(38-21-23-7-5-4-6-8-23)18-26(28)20-34(31)19-24-9-12-29(36-2)30(17-24)37-3/h4-12,17-18,20,25,31H,13-16,19,21H2,1-3H3. The van der Waals surface area contributed by atoms with Gasteiger partial charge in [-0.2, -0.15) is 0 Å². The van der Waals surface area contributed by atoms with Crippen LogP contribution in [0.5, 0.6) is 17.2 Å². The second-order valence-corrected chi connectivity index (χ2v) is 9.87. The van der Waals surface area contributed by atoms with Gasteiger partial charge in [0.1, 0.15) is 18.5 Å². The van der Waals surface area contributed by atoms with Crippen molar-refractivity contribution in [3.05, 3.63) is 88.4 Å². The second kappa shape index (κ2) is 11.6. The summed E-state index contributed by atoms with van der Waals surface area (Å²) in [7, 11) is 3.30. The molecular weight excluding hydrogens is 478 g/mol. The molecule has 2 heterocycles. The van der Waals surface area contributed by atoms with Crippen molar-refractivity contribution in [3.63, 3.8) is 0 Å². The monoisotopic (exact) mass is 513 g/mol. The Labute approximate surface area is 224 Å². The van der Waals surface area contributed by atoms with E-state index in [2.05, 4.69) is 41.4 Å². The van der Waals surface area contributed by atoms with Gasteiger partial charge in [-0.15, -0.1) is 0 Å². The van der Waals surface area contributed by atoms with Gasteiger partial charge in [0, 0.05) is 43.9 Å². The molecule has 2 aliphatic heterocycles. The highest BCUT2D eigenvalue weighted by atomic mass is 16.5. The maximum Gasteiger partial charge on any atom is 0.219 e. The normalized spacial score (nSPS) is 17.2. The lowest BCUT2D eigenvalue weighted by atomic mass is 9.92. The maximum absolute atomic E-state index is 11.9. The molecule has 1 fully saturated rings. The van der Waals surface area contributed by atoms with Crippen molar-refractivity contribution in [2.75, 3.05) is 27.3 Å². The van der Waals surface area contributed by atoms with E-state index in [0.29, 0.717) is 30.6 Å². The molecule has 1 unspecified atom stereocenters. The fourth-order valence-corrected chi connectivity index (χ4v) is 5.27. The number of carbonyl (C=O) groups is 1. The molecule has 0 aromatic heterocycles. The fourth-order valence-electron chi connectivity index (χ4n) is 5.27. The topological polar surface area (TPSA) is 63.6 Å².